The highest BCUT2D eigenvalue weighted by molar-refractivity contribution is 5.92. The van der Waals surface area contributed by atoms with Crippen molar-refractivity contribution < 1.29 is 4.79 Å². The standard InChI is InChI=1S/C16H21N5O/c1-12(17)13-4-9-20(10-5-13)16(22)15-11-14(3-7-18-15)21-8-2-6-19-21/h2-3,6-8,11-13H,4-5,9-10,17H2,1H3. The van der Waals surface area contributed by atoms with Crippen LogP contribution in [0.2, 0.25) is 0 Å². The van der Waals surface area contributed by atoms with Crippen LogP contribution in [0.1, 0.15) is 30.3 Å². The van der Waals surface area contributed by atoms with Crippen molar-refractivity contribution in [3.8, 4) is 5.69 Å². The Morgan fingerprint density at radius 2 is 2.14 bits per heavy atom. The van der Waals surface area contributed by atoms with E-state index in [2.05, 4.69) is 10.1 Å². The second-order valence-corrected chi connectivity index (χ2v) is 5.84. The third kappa shape index (κ3) is 3.01. The van der Waals surface area contributed by atoms with E-state index in [1.807, 2.05) is 30.2 Å². The maximum absolute atomic E-state index is 12.6. The second kappa shape index (κ2) is 6.27. The SMILES string of the molecule is CC(N)C1CCN(C(=O)c2cc(-n3cccn3)ccn2)CC1. The summed E-state index contributed by atoms with van der Waals surface area (Å²) in [5.41, 5.74) is 7.25. The first-order valence-electron chi connectivity index (χ1n) is 7.66. The van der Waals surface area contributed by atoms with E-state index < -0.39 is 0 Å². The number of hydrogen-bond donors (Lipinski definition) is 1. The predicted molar refractivity (Wildman–Crippen MR) is 83.6 cm³/mol. The molecule has 1 unspecified atom stereocenters. The number of amides is 1. The minimum absolute atomic E-state index is 0.0165. The Morgan fingerprint density at radius 1 is 1.36 bits per heavy atom. The first-order valence-corrected chi connectivity index (χ1v) is 7.66. The number of aromatic nitrogens is 3. The molecule has 1 atom stereocenters. The van der Waals surface area contributed by atoms with E-state index in [0.29, 0.717) is 11.6 Å². The van der Waals surface area contributed by atoms with Crippen LogP contribution in [0.15, 0.2) is 36.8 Å². The molecule has 1 aliphatic rings. The van der Waals surface area contributed by atoms with Crippen LogP contribution in [-0.2, 0) is 0 Å². The summed E-state index contributed by atoms with van der Waals surface area (Å²) in [4.78, 5) is 18.7. The second-order valence-electron chi connectivity index (χ2n) is 5.84. The highest BCUT2D eigenvalue weighted by Crippen LogP contribution is 2.21. The Labute approximate surface area is 129 Å². The van der Waals surface area contributed by atoms with Crippen molar-refractivity contribution >= 4 is 5.91 Å². The lowest BCUT2D eigenvalue weighted by molar-refractivity contribution is 0.0675. The average Bonchev–Trinajstić information content (AvgIpc) is 3.09. The average molecular weight is 299 g/mol. The van der Waals surface area contributed by atoms with Gasteiger partial charge in [0.15, 0.2) is 0 Å². The van der Waals surface area contributed by atoms with Gasteiger partial charge in [-0.1, -0.05) is 0 Å². The van der Waals surface area contributed by atoms with Gasteiger partial charge < -0.3 is 10.6 Å². The first kappa shape index (κ1) is 14.7. The number of pyridine rings is 1. The molecule has 1 aliphatic heterocycles. The number of likely N-dealkylation sites (tertiary alicyclic amines) is 1. The summed E-state index contributed by atoms with van der Waals surface area (Å²) in [5.74, 6) is 0.490. The molecule has 0 bridgehead atoms. The van der Waals surface area contributed by atoms with Gasteiger partial charge >= 0.3 is 0 Å². The van der Waals surface area contributed by atoms with Gasteiger partial charge in [0, 0.05) is 37.7 Å². The van der Waals surface area contributed by atoms with Crippen molar-refractivity contribution in [3.05, 3.63) is 42.5 Å². The van der Waals surface area contributed by atoms with Crippen molar-refractivity contribution in [2.45, 2.75) is 25.8 Å². The summed E-state index contributed by atoms with van der Waals surface area (Å²) in [6.45, 7) is 3.54. The molecule has 0 spiro atoms. The Kier molecular flexibility index (Phi) is 4.20. The summed E-state index contributed by atoms with van der Waals surface area (Å²) in [6, 6.07) is 5.67. The fourth-order valence-electron chi connectivity index (χ4n) is 2.89. The van der Waals surface area contributed by atoms with E-state index in [1.165, 1.54) is 0 Å². The molecule has 2 N–H and O–H groups in total. The molecule has 2 aromatic heterocycles. The number of nitrogens with zero attached hydrogens (tertiary/aromatic N) is 4. The Morgan fingerprint density at radius 3 is 2.77 bits per heavy atom. The minimum atomic E-state index is -0.0165. The molecule has 3 heterocycles. The number of nitrogens with two attached hydrogens (primary N) is 1. The maximum atomic E-state index is 12.6. The van der Waals surface area contributed by atoms with Crippen molar-refractivity contribution in [2.75, 3.05) is 13.1 Å². The van der Waals surface area contributed by atoms with Gasteiger partial charge in [0.2, 0.25) is 0 Å². The fourth-order valence-corrected chi connectivity index (χ4v) is 2.89. The molecule has 1 saturated heterocycles. The topological polar surface area (TPSA) is 77.0 Å². The first-order chi connectivity index (χ1) is 10.6. The number of piperidine rings is 1. The Balaban J connectivity index is 1.72. The zero-order chi connectivity index (χ0) is 15.5. The van der Waals surface area contributed by atoms with Crippen molar-refractivity contribution in [1.82, 2.24) is 19.7 Å². The van der Waals surface area contributed by atoms with Crippen LogP contribution in [0.5, 0.6) is 0 Å². The largest absolute Gasteiger partial charge is 0.337 e. The Bertz CT molecular complexity index is 630. The molecular weight excluding hydrogens is 278 g/mol. The fraction of sp³-hybridized carbons (Fsp3) is 0.438. The van der Waals surface area contributed by atoms with Crippen molar-refractivity contribution in [3.63, 3.8) is 0 Å². The van der Waals surface area contributed by atoms with Crippen LogP contribution >= 0.6 is 0 Å². The molecule has 6 heteroatoms. The number of rotatable bonds is 3. The van der Waals surface area contributed by atoms with E-state index in [4.69, 9.17) is 5.73 Å². The van der Waals surface area contributed by atoms with Crippen LogP contribution in [0.25, 0.3) is 5.69 Å². The molecule has 1 fully saturated rings. The third-order valence-electron chi connectivity index (χ3n) is 4.30. The molecule has 0 saturated carbocycles. The minimum Gasteiger partial charge on any atom is -0.337 e. The van der Waals surface area contributed by atoms with Crippen LogP contribution < -0.4 is 5.73 Å². The maximum Gasteiger partial charge on any atom is 0.272 e. The lowest BCUT2D eigenvalue weighted by Gasteiger charge is -2.33. The zero-order valence-corrected chi connectivity index (χ0v) is 12.7. The molecule has 22 heavy (non-hydrogen) atoms. The molecule has 116 valence electrons. The monoisotopic (exact) mass is 299 g/mol. The van der Waals surface area contributed by atoms with Crippen LogP contribution in [-0.4, -0.2) is 44.7 Å². The van der Waals surface area contributed by atoms with Gasteiger partial charge in [-0.05, 0) is 43.9 Å². The highest BCUT2D eigenvalue weighted by Gasteiger charge is 2.26. The molecule has 0 aromatic carbocycles. The van der Waals surface area contributed by atoms with Crippen LogP contribution in [0.3, 0.4) is 0 Å². The van der Waals surface area contributed by atoms with E-state index in [1.54, 1.807) is 23.1 Å². The molecule has 1 amide bonds. The van der Waals surface area contributed by atoms with Crippen molar-refractivity contribution in [1.29, 1.82) is 0 Å². The lowest BCUT2D eigenvalue weighted by atomic mass is 9.91. The van der Waals surface area contributed by atoms with Gasteiger partial charge in [-0.15, -0.1) is 0 Å². The quantitative estimate of drug-likeness (QED) is 0.931. The van der Waals surface area contributed by atoms with Crippen LogP contribution in [0.4, 0.5) is 0 Å². The van der Waals surface area contributed by atoms with Gasteiger partial charge in [-0.2, -0.15) is 5.10 Å². The summed E-state index contributed by atoms with van der Waals surface area (Å²) < 4.78 is 1.72. The van der Waals surface area contributed by atoms with E-state index in [0.717, 1.165) is 31.6 Å². The van der Waals surface area contributed by atoms with E-state index in [-0.39, 0.29) is 11.9 Å². The van der Waals surface area contributed by atoms with E-state index in [9.17, 15) is 4.79 Å². The molecule has 0 radical (unpaired) electrons. The Hall–Kier alpha value is -2.21. The van der Waals surface area contributed by atoms with E-state index >= 15 is 0 Å². The van der Waals surface area contributed by atoms with Crippen molar-refractivity contribution in [2.24, 2.45) is 11.7 Å². The third-order valence-corrected chi connectivity index (χ3v) is 4.30. The van der Waals surface area contributed by atoms with Gasteiger partial charge in [0.05, 0.1) is 5.69 Å². The molecule has 2 aromatic rings. The summed E-state index contributed by atoms with van der Waals surface area (Å²) in [6.07, 6.45) is 7.13. The highest BCUT2D eigenvalue weighted by atomic mass is 16.2. The van der Waals surface area contributed by atoms with Gasteiger partial charge in [0.25, 0.3) is 5.91 Å². The molecule has 3 rings (SSSR count). The zero-order valence-electron chi connectivity index (χ0n) is 12.7. The number of hydrogen-bond acceptors (Lipinski definition) is 4. The smallest absolute Gasteiger partial charge is 0.272 e. The van der Waals surface area contributed by atoms with Gasteiger partial charge in [-0.25, -0.2) is 4.68 Å². The molecule has 0 aliphatic carbocycles. The lowest BCUT2D eigenvalue weighted by Crippen LogP contribution is -2.42. The molecular formula is C16H21N5O. The van der Waals surface area contributed by atoms with Gasteiger partial charge in [0.1, 0.15) is 5.69 Å². The summed E-state index contributed by atoms with van der Waals surface area (Å²) in [5, 5.41) is 4.18. The summed E-state index contributed by atoms with van der Waals surface area (Å²) >= 11 is 0. The number of carbonyl (C=O) groups is 1. The predicted octanol–water partition coefficient (Wildman–Crippen LogP) is 1.47. The molecule has 6 nitrogen and oxygen atoms in total. The number of carbonyl (C=O) groups excluding carboxylic acids is 1. The van der Waals surface area contributed by atoms with Crippen LogP contribution in [0, 0.1) is 5.92 Å². The van der Waals surface area contributed by atoms with Gasteiger partial charge in [-0.3, -0.25) is 9.78 Å². The summed E-state index contributed by atoms with van der Waals surface area (Å²) in [7, 11) is 0. The normalized spacial score (nSPS) is 17.5.